The van der Waals surface area contributed by atoms with Gasteiger partial charge in [-0.05, 0) is 238 Å². The van der Waals surface area contributed by atoms with Crippen molar-refractivity contribution in [1.82, 2.24) is 0 Å². The van der Waals surface area contributed by atoms with Gasteiger partial charge in [0.1, 0.15) is 22.3 Å². The summed E-state index contributed by atoms with van der Waals surface area (Å²) in [6, 6.07) is 146. The van der Waals surface area contributed by atoms with Crippen LogP contribution in [0.25, 0.3) is 128 Å². The second-order valence-electron chi connectivity index (χ2n) is 28.1. The summed E-state index contributed by atoms with van der Waals surface area (Å²) < 4.78 is 17.6. The van der Waals surface area contributed by atoms with E-state index in [0.29, 0.717) is 0 Å². The van der Waals surface area contributed by atoms with Crippen LogP contribution in [0.2, 0.25) is 5.02 Å². The molecule has 4 heterocycles. The van der Waals surface area contributed by atoms with Crippen LogP contribution in [0.1, 0.15) is 0 Å². The third kappa shape index (κ3) is 13.4. The number of hydrogen-bond donors (Lipinski definition) is 1. The molecular weight excluding hydrogens is 1440 g/mol. The lowest BCUT2D eigenvalue weighted by Gasteiger charge is -2.27. The van der Waals surface area contributed by atoms with Crippen LogP contribution in [0, 0.1) is 0 Å². The Hall–Kier alpha value is -14.0. The van der Waals surface area contributed by atoms with Crippen LogP contribution in [-0.2, 0) is 0 Å². The molecule has 113 heavy (non-hydrogen) atoms. The Labute approximate surface area is 666 Å². The predicted molar refractivity (Wildman–Crippen MR) is 484 cm³/mol. The standard InChI is InChI=1S/C52H34N2OS.C28H19NO.C24H16ClNS/c1-4-13-35(14-5-1)36-23-25-41(26-24-36)53(42-27-29-48-45(33-42)44-31-37-15-10-11-16-38(37)32-49(44)55-48)43-28-30-50-46(34-43)52-47(21-12-22-51(52)56-50)54(39-17-6-2-7-18-39)40-19-8-3-9-20-40;1-2-6-19(7-3-1)20-10-12-23(13-11-20)29-24-14-15-27-26(18-24)25-16-21-8-4-5-9-22(21)17-28(25)30-27;25-17-14-15-22-20(16-17)24-21(12-7-13-23(24)27-22)26(18-8-3-1-4-9-18)19-10-5-2-6-11-19/h1-34H;1-18,29H;1-16H. The van der Waals surface area contributed by atoms with Gasteiger partial charge in [0, 0.05) is 118 Å². The van der Waals surface area contributed by atoms with Crippen molar-refractivity contribution < 1.29 is 8.83 Å². The molecule has 0 bridgehead atoms. The van der Waals surface area contributed by atoms with E-state index in [2.05, 4.69) is 402 Å². The van der Waals surface area contributed by atoms with E-state index in [-0.39, 0.29) is 0 Å². The fourth-order valence-electron chi connectivity index (χ4n) is 15.8. The topological polar surface area (TPSA) is 48.0 Å². The number of nitrogens with one attached hydrogen (secondary N) is 1. The molecule has 0 unspecified atom stereocenters. The second-order valence-corrected chi connectivity index (χ2v) is 30.7. The number of benzene rings is 18. The van der Waals surface area contributed by atoms with Gasteiger partial charge in [0.25, 0.3) is 0 Å². The van der Waals surface area contributed by atoms with Gasteiger partial charge < -0.3 is 28.9 Å². The number of para-hydroxylation sites is 4. The summed E-state index contributed by atoms with van der Waals surface area (Å²) in [7, 11) is 0. The van der Waals surface area contributed by atoms with Crippen molar-refractivity contribution in [1.29, 1.82) is 0 Å². The van der Waals surface area contributed by atoms with Crippen molar-refractivity contribution in [3.05, 3.63) is 418 Å². The van der Waals surface area contributed by atoms with Crippen LogP contribution in [0.3, 0.4) is 0 Å². The minimum atomic E-state index is 0.767. The fourth-order valence-corrected chi connectivity index (χ4v) is 18.2. The van der Waals surface area contributed by atoms with Gasteiger partial charge in [-0.3, -0.25) is 0 Å². The van der Waals surface area contributed by atoms with Crippen molar-refractivity contribution in [2.75, 3.05) is 20.0 Å². The van der Waals surface area contributed by atoms with Crippen molar-refractivity contribution in [3.8, 4) is 22.3 Å². The highest BCUT2D eigenvalue weighted by atomic mass is 35.5. The molecule has 22 rings (SSSR count). The largest absolute Gasteiger partial charge is 0.456 e. The lowest BCUT2D eigenvalue weighted by atomic mass is 10.0. The summed E-state index contributed by atoms with van der Waals surface area (Å²) in [4.78, 5) is 7.07. The molecule has 0 saturated carbocycles. The van der Waals surface area contributed by atoms with E-state index in [1.165, 1.54) is 89.8 Å². The van der Waals surface area contributed by atoms with Crippen LogP contribution in [0.5, 0.6) is 0 Å². The van der Waals surface area contributed by atoms with Gasteiger partial charge in [-0.15, -0.1) is 22.7 Å². The third-order valence-electron chi connectivity index (χ3n) is 21.1. The van der Waals surface area contributed by atoms with Crippen LogP contribution < -0.4 is 20.0 Å². The number of thiophene rings is 2. The average Bonchev–Trinajstić information content (AvgIpc) is 1.65. The summed E-state index contributed by atoms with van der Waals surface area (Å²) in [6.07, 6.45) is 0. The SMILES string of the molecule is Clc1ccc2sc3cccc(N(c4ccccc4)c4ccccc4)c3c2c1.c1ccc(-c2ccc(N(c3ccc4oc5cc6ccccc6cc5c4c3)c3ccc4sc5cccc(N(c6ccccc6)c6ccccc6)c5c4c3)cc2)cc1.c1ccc(-c2ccc(Nc3ccc4oc5cc6ccccc6cc5c4c3)cc2)cc1. The zero-order valence-electron chi connectivity index (χ0n) is 61.1. The quantitative estimate of drug-likeness (QED) is 0.124. The Morgan fingerprint density at radius 1 is 0.221 bits per heavy atom. The minimum absolute atomic E-state index is 0.767. The number of furan rings is 2. The van der Waals surface area contributed by atoms with Crippen LogP contribution in [0.4, 0.5) is 62.6 Å². The maximum absolute atomic E-state index is 6.45. The molecule has 0 aliphatic carbocycles. The fraction of sp³-hybridized carbons (Fsp3) is 0. The Morgan fingerprint density at radius 2 is 0.566 bits per heavy atom. The lowest BCUT2D eigenvalue weighted by Crippen LogP contribution is -2.10. The highest BCUT2D eigenvalue weighted by Gasteiger charge is 2.24. The number of rotatable bonds is 13. The van der Waals surface area contributed by atoms with E-state index in [1.807, 2.05) is 53.0 Å². The third-order valence-corrected chi connectivity index (χ3v) is 23.6. The maximum Gasteiger partial charge on any atom is 0.136 e. The smallest absolute Gasteiger partial charge is 0.136 e. The zero-order chi connectivity index (χ0) is 75.1. The molecule has 0 radical (unpaired) electrons. The molecule has 9 heteroatoms. The van der Waals surface area contributed by atoms with Gasteiger partial charge in [0.2, 0.25) is 0 Å². The summed E-state index contributed by atoms with van der Waals surface area (Å²) in [5.41, 5.74) is 20.6. The molecule has 0 saturated heterocycles. The van der Waals surface area contributed by atoms with Crippen molar-refractivity contribution in [3.63, 3.8) is 0 Å². The van der Waals surface area contributed by atoms with E-state index in [9.17, 15) is 0 Å². The van der Waals surface area contributed by atoms with E-state index in [0.717, 1.165) is 106 Å². The number of nitrogens with zero attached hydrogens (tertiary/aromatic N) is 3. The molecule has 0 aliphatic rings. The Morgan fingerprint density at radius 3 is 1.04 bits per heavy atom. The van der Waals surface area contributed by atoms with Gasteiger partial charge in [-0.1, -0.05) is 230 Å². The molecule has 0 fully saturated rings. The molecular formula is C104H69ClN4O2S2. The second kappa shape index (κ2) is 29.8. The number of anilines is 11. The Bertz CT molecular complexity index is 7140. The highest BCUT2D eigenvalue weighted by Crippen LogP contribution is 2.50. The maximum atomic E-state index is 6.45. The van der Waals surface area contributed by atoms with E-state index >= 15 is 0 Å². The molecule has 4 aromatic heterocycles. The first-order valence-corrected chi connectivity index (χ1v) is 39.9. The lowest BCUT2D eigenvalue weighted by molar-refractivity contribution is 0.669. The van der Waals surface area contributed by atoms with Crippen LogP contribution in [0.15, 0.2) is 421 Å². The summed E-state index contributed by atoms with van der Waals surface area (Å²) >= 11 is 9.98. The van der Waals surface area contributed by atoms with E-state index in [1.54, 1.807) is 0 Å². The van der Waals surface area contributed by atoms with Gasteiger partial charge in [-0.25, -0.2) is 0 Å². The Balaban J connectivity index is 0.000000122. The van der Waals surface area contributed by atoms with Gasteiger partial charge in [0.15, 0.2) is 0 Å². The first kappa shape index (κ1) is 68.3. The van der Waals surface area contributed by atoms with Crippen LogP contribution in [-0.4, -0.2) is 0 Å². The first-order chi connectivity index (χ1) is 55.9. The number of fused-ring (bicyclic) bond motifs is 14. The van der Waals surface area contributed by atoms with E-state index in [4.69, 9.17) is 20.4 Å². The molecule has 22 aromatic rings. The molecule has 18 aromatic carbocycles. The zero-order valence-corrected chi connectivity index (χ0v) is 63.5. The first-order valence-electron chi connectivity index (χ1n) is 37.8. The van der Waals surface area contributed by atoms with Crippen molar-refractivity contribution in [2.45, 2.75) is 0 Å². The Kier molecular flexibility index (Phi) is 18.0. The number of hydrogen-bond acceptors (Lipinski definition) is 8. The molecule has 0 spiro atoms. The van der Waals surface area contributed by atoms with Gasteiger partial charge >= 0.3 is 0 Å². The van der Waals surface area contributed by atoms with Crippen molar-refractivity contribution >= 4 is 203 Å². The molecule has 0 aliphatic heterocycles. The normalized spacial score (nSPS) is 11.4. The summed E-state index contributed by atoms with van der Waals surface area (Å²) in [5, 5.41) is 18.5. The van der Waals surface area contributed by atoms with Crippen LogP contribution >= 0.6 is 34.3 Å². The average molecular weight is 1510 g/mol. The monoisotopic (exact) mass is 1500 g/mol. The molecule has 536 valence electrons. The highest BCUT2D eigenvalue weighted by molar-refractivity contribution is 7.26. The molecule has 0 atom stereocenters. The van der Waals surface area contributed by atoms with Gasteiger partial charge in [0.05, 0.1) is 11.4 Å². The predicted octanol–water partition coefficient (Wildman–Crippen LogP) is 32.0. The van der Waals surface area contributed by atoms with Crippen molar-refractivity contribution in [2.24, 2.45) is 0 Å². The minimum Gasteiger partial charge on any atom is -0.456 e. The molecule has 6 nitrogen and oxygen atoms in total. The molecule has 1 N–H and O–H groups in total. The van der Waals surface area contributed by atoms with E-state index < -0.39 is 0 Å². The van der Waals surface area contributed by atoms with Gasteiger partial charge in [-0.2, -0.15) is 0 Å². The number of halogens is 1. The summed E-state index contributed by atoms with van der Waals surface area (Å²) in [6.45, 7) is 0. The summed E-state index contributed by atoms with van der Waals surface area (Å²) in [5.74, 6) is 0. The molecule has 0 amide bonds.